The van der Waals surface area contributed by atoms with Gasteiger partial charge in [0.25, 0.3) is 0 Å². The number of nitrogens with one attached hydrogen (secondary N) is 1. The quantitative estimate of drug-likeness (QED) is 0.0204. The number of allylic oxidation sites excluding steroid dienone is 11. The molecule has 12 atom stereocenters. The summed E-state index contributed by atoms with van der Waals surface area (Å²) in [5.74, 6) is -0.234. The van der Waals surface area contributed by atoms with Gasteiger partial charge < -0.3 is 65.1 Å². The maximum absolute atomic E-state index is 13.4. The second-order valence-electron chi connectivity index (χ2n) is 27.5. The van der Waals surface area contributed by atoms with Gasteiger partial charge in [-0.1, -0.05) is 337 Å². The van der Waals surface area contributed by atoms with Crippen LogP contribution >= 0.6 is 0 Å². The molecule has 2 aliphatic heterocycles. The molecule has 548 valence electrons. The van der Waals surface area contributed by atoms with E-state index in [1.165, 1.54) is 238 Å². The molecular formula is C80H145NO13. The molecule has 94 heavy (non-hydrogen) atoms. The first-order valence-electron chi connectivity index (χ1n) is 39.2. The van der Waals surface area contributed by atoms with E-state index in [0.717, 1.165) is 70.6 Å². The van der Waals surface area contributed by atoms with Crippen LogP contribution in [0.5, 0.6) is 0 Å². The van der Waals surface area contributed by atoms with E-state index in [2.05, 4.69) is 79.9 Å². The van der Waals surface area contributed by atoms with Crippen molar-refractivity contribution in [3.05, 3.63) is 72.9 Å². The molecule has 0 bridgehead atoms. The van der Waals surface area contributed by atoms with Crippen molar-refractivity contribution < 1.29 is 64.6 Å². The van der Waals surface area contributed by atoms with Crippen molar-refractivity contribution in [3.8, 4) is 0 Å². The summed E-state index contributed by atoms with van der Waals surface area (Å²) in [4.78, 5) is 13.4. The summed E-state index contributed by atoms with van der Waals surface area (Å²) in [6, 6.07) is -0.917. The van der Waals surface area contributed by atoms with Crippen molar-refractivity contribution in [1.29, 1.82) is 0 Å². The molecule has 2 heterocycles. The zero-order valence-electron chi connectivity index (χ0n) is 60.0. The Labute approximate surface area is 574 Å². The number of aliphatic hydroxyl groups excluding tert-OH is 8. The fourth-order valence-corrected chi connectivity index (χ4v) is 12.7. The van der Waals surface area contributed by atoms with Crippen LogP contribution in [0.2, 0.25) is 0 Å². The van der Waals surface area contributed by atoms with Crippen molar-refractivity contribution in [2.45, 2.75) is 408 Å². The van der Waals surface area contributed by atoms with Crippen LogP contribution in [0, 0.1) is 0 Å². The lowest BCUT2D eigenvalue weighted by Gasteiger charge is -2.46. The Morgan fingerprint density at radius 2 is 0.734 bits per heavy atom. The van der Waals surface area contributed by atoms with Gasteiger partial charge in [0.2, 0.25) is 5.91 Å². The van der Waals surface area contributed by atoms with E-state index in [9.17, 15) is 45.6 Å². The van der Waals surface area contributed by atoms with Gasteiger partial charge in [-0.2, -0.15) is 0 Å². The lowest BCUT2D eigenvalue weighted by Crippen LogP contribution is -2.65. The third-order valence-electron chi connectivity index (χ3n) is 18.9. The first-order chi connectivity index (χ1) is 46.1. The molecule has 0 aromatic carbocycles. The molecule has 2 saturated heterocycles. The van der Waals surface area contributed by atoms with Crippen LogP contribution in [0.1, 0.15) is 335 Å². The van der Waals surface area contributed by atoms with Gasteiger partial charge in [0.05, 0.1) is 32.0 Å². The van der Waals surface area contributed by atoms with E-state index in [4.69, 9.17) is 18.9 Å². The van der Waals surface area contributed by atoms with E-state index in [1.807, 2.05) is 6.08 Å². The first kappa shape index (κ1) is 87.5. The Kier molecular flexibility index (Phi) is 59.4. The smallest absolute Gasteiger partial charge is 0.220 e. The molecule has 14 heteroatoms. The van der Waals surface area contributed by atoms with Gasteiger partial charge >= 0.3 is 0 Å². The topological polar surface area (TPSA) is 228 Å². The molecule has 14 nitrogen and oxygen atoms in total. The fraction of sp³-hybridized carbons (Fsp3) is 0.838. The van der Waals surface area contributed by atoms with E-state index < -0.39 is 86.8 Å². The number of amides is 1. The SMILES string of the molecule is CC/C=C\C/C=C\C/C=C\C/C=C\C/C=C\CCCCCCCCCCCCCCCCCCCCCCCC(=O)NC(COC1OC(CO)C(OC2OC(CO)C(O)C(O)C2O)C(O)C1O)C(O)/C=C/CCCCCCCCCCCCCCCCCCCCCCC. The van der Waals surface area contributed by atoms with Crippen LogP contribution in [0.4, 0.5) is 0 Å². The molecule has 2 fully saturated rings. The number of hydrogen-bond acceptors (Lipinski definition) is 13. The van der Waals surface area contributed by atoms with Crippen molar-refractivity contribution in [2.75, 3.05) is 19.8 Å². The summed E-state index contributed by atoms with van der Waals surface area (Å²) in [6.45, 7) is 2.73. The van der Waals surface area contributed by atoms with Gasteiger partial charge in [0, 0.05) is 6.42 Å². The third kappa shape index (κ3) is 46.7. The van der Waals surface area contributed by atoms with Crippen LogP contribution in [0.15, 0.2) is 72.9 Å². The lowest BCUT2D eigenvalue weighted by molar-refractivity contribution is -0.359. The minimum atomic E-state index is -1.79. The maximum atomic E-state index is 13.4. The Morgan fingerprint density at radius 3 is 1.13 bits per heavy atom. The highest BCUT2D eigenvalue weighted by atomic mass is 16.7. The van der Waals surface area contributed by atoms with E-state index in [0.29, 0.717) is 6.42 Å². The third-order valence-corrected chi connectivity index (χ3v) is 18.9. The number of carbonyl (C=O) groups excluding carboxylic acids is 1. The summed E-state index contributed by atoms with van der Waals surface area (Å²) in [5.41, 5.74) is 0. The zero-order chi connectivity index (χ0) is 68.0. The van der Waals surface area contributed by atoms with Gasteiger partial charge in [-0.15, -0.1) is 0 Å². The number of carbonyl (C=O) groups is 1. The standard InChI is InChI=1S/C80H145NO13/c1-3-5-7-9-11-13-15-17-19-21-23-25-27-28-29-30-31-32-33-34-35-36-37-38-39-40-42-44-46-48-50-52-54-56-58-60-62-64-72(85)81-68(67-91-79-77(90)75(88)78(71(66-83)93-79)94-80-76(89)74(87)73(86)70(65-82)92-80)69(84)63-61-59-57-55-53-51-49-47-45-43-41-26-24-22-20-18-16-14-12-10-8-6-4-2/h5,7,11,13,17,19,23,25,28-29,61,63,68-71,73-80,82-84,86-90H,3-4,6,8-10,12,14-16,18,20-22,24,26-27,30-60,62,64-67H2,1-2H3,(H,81,85)/b7-5-,13-11-,19-17-,25-23-,29-28-,63-61+. The van der Waals surface area contributed by atoms with Gasteiger partial charge in [0.1, 0.15) is 48.8 Å². The van der Waals surface area contributed by atoms with Crippen LogP contribution in [-0.2, 0) is 23.7 Å². The van der Waals surface area contributed by atoms with Gasteiger partial charge in [-0.25, -0.2) is 0 Å². The average Bonchev–Trinajstić information content (AvgIpc) is 0.794. The molecule has 0 radical (unpaired) electrons. The Morgan fingerprint density at radius 1 is 0.394 bits per heavy atom. The minimum Gasteiger partial charge on any atom is -0.394 e. The largest absolute Gasteiger partial charge is 0.394 e. The predicted octanol–water partition coefficient (Wildman–Crippen LogP) is 17.4. The van der Waals surface area contributed by atoms with Crippen molar-refractivity contribution >= 4 is 5.91 Å². The molecule has 1 amide bonds. The molecule has 0 aromatic rings. The molecule has 9 N–H and O–H groups in total. The number of rotatable bonds is 65. The second-order valence-corrected chi connectivity index (χ2v) is 27.5. The number of ether oxygens (including phenoxy) is 4. The van der Waals surface area contributed by atoms with Crippen molar-refractivity contribution in [1.82, 2.24) is 5.32 Å². The molecule has 2 rings (SSSR count). The maximum Gasteiger partial charge on any atom is 0.220 e. The fourth-order valence-electron chi connectivity index (χ4n) is 12.7. The van der Waals surface area contributed by atoms with Crippen molar-refractivity contribution in [3.63, 3.8) is 0 Å². The lowest BCUT2D eigenvalue weighted by atomic mass is 9.97. The van der Waals surface area contributed by atoms with Gasteiger partial charge in [-0.3, -0.25) is 4.79 Å². The van der Waals surface area contributed by atoms with Crippen LogP contribution < -0.4 is 5.32 Å². The van der Waals surface area contributed by atoms with Crippen LogP contribution in [0.25, 0.3) is 0 Å². The zero-order valence-corrected chi connectivity index (χ0v) is 60.0. The summed E-state index contributed by atoms with van der Waals surface area (Å²) in [6.07, 6.45) is 71.2. The van der Waals surface area contributed by atoms with Gasteiger partial charge in [0.15, 0.2) is 12.6 Å². The first-order valence-corrected chi connectivity index (χ1v) is 39.2. The molecular weight excluding hydrogens is 1180 g/mol. The van der Waals surface area contributed by atoms with Crippen molar-refractivity contribution in [2.24, 2.45) is 0 Å². The summed E-state index contributed by atoms with van der Waals surface area (Å²) in [7, 11) is 0. The van der Waals surface area contributed by atoms with Gasteiger partial charge in [-0.05, 0) is 64.2 Å². The highest BCUT2D eigenvalue weighted by molar-refractivity contribution is 5.76. The van der Waals surface area contributed by atoms with Crippen LogP contribution in [-0.4, -0.2) is 140 Å². The Balaban J connectivity index is 1.60. The molecule has 12 unspecified atom stereocenters. The minimum absolute atomic E-state index is 0.234. The van der Waals surface area contributed by atoms with E-state index in [-0.39, 0.29) is 18.9 Å². The molecule has 0 spiro atoms. The average molecular weight is 1330 g/mol. The highest BCUT2D eigenvalue weighted by Crippen LogP contribution is 2.30. The Hall–Kier alpha value is -2.57. The summed E-state index contributed by atoms with van der Waals surface area (Å²) >= 11 is 0. The monoisotopic (exact) mass is 1330 g/mol. The number of hydrogen-bond donors (Lipinski definition) is 9. The normalized spacial score (nSPS) is 22.8. The molecule has 0 aliphatic carbocycles. The van der Waals surface area contributed by atoms with E-state index >= 15 is 0 Å². The number of aliphatic hydroxyl groups is 8. The molecule has 0 saturated carbocycles. The summed E-state index contributed by atoms with van der Waals surface area (Å²) in [5, 5.41) is 87.6. The summed E-state index contributed by atoms with van der Waals surface area (Å²) < 4.78 is 22.9. The molecule has 2 aliphatic rings. The highest BCUT2D eigenvalue weighted by Gasteiger charge is 2.51. The number of unbranched alkanes of at least 4 members (excludes halogenated alkanes) is 42. The second kappa shape index (κ2) is 63.8. The van der Waals surface area contributed by atoms with E-state index in [1.54, 1.807) is 6.08 Å². The molecule has 0 aromatic heterocycles. The Bertz CT molecular complexity index is 1860. The predicted molar refractivity (Wildman–Crippen MR) is 387 cm³/mol. The van der Waals surface area contributed by atoms with Crippen LogP contribution in [0.3, 0.4) is 0 Å².